The van der Waals surface area contributed by atoms with Crippen molar-refractivity contribution in [3.63, 3.8) is 0 Å². The quantitative estimate of drug-likeness (QED) is 0.549. The van der Waals surface area contributed by atoms with Crippen LogP contribution >= 0.6 is 11.3 Å². The fraction of sp³-hybridized carbons (Fsp3) is 0.240. The number of nitrogens with one attached hydrogen (secondary N) is 2. The first-order chi connectivity index (χ1) is 16.8. The van der Waals surface area contributed by atoms with Gasteiger partial charge in [0.05, 0.1) is 16.1 Å². The number of fused-ring (bicyclic) bond motifs is 2. The SMILES string of the molecule is O=C(CS(=O)(=O)c1ccccc1)NC1CCN2C(=O)c3cc(-c4ccsc4)ccc3NC(=O)C2C1. The Hall–Kier alpha value is -3.50. The molecule has 8 nitrogen and oxygen atoms in total. The largest absolute Gasteiger partial charge is 0.352 e. The molecule has 0 radical (unpaired) electrons. The Morgan fingerprint density at radius 1 is 1.09 bits per heavy atom. The summed E-state index contributed by atoms with van der Waals surface area (Å²) >= 11 is 1.57. The highest BCUT2D eigenvalue weighted by Crippen LogP contribution is 2.32. The molecule has 5 rings (SSSR count). The first kappa shape index (κ1) is 23.3. The third-order valence-corrected chi connectivity index (χ3v) is 8.63. The second-order valence-corrected chi connectivity index (χ2v) is 11.4. The molecule has 0 spiro atoms. The molecule has 2 aliphatic rings. The third kappa shape index (κ3) is 4.71. The van der Waals surface area contributed by atoms with Gasteiger partial charge in [-0.2, -0.15) is 11.3 Å². The fourth-order valence-corrected chi connectivity index (χ4v) is 6.38. The molecule has 1 fully saturated rings. The van der Waals surface area contributed by atoms with Gasteiger partial charge in [0.25, 0.3) is 5.91 Å². The van der Waals surface area contributed by atoms with Gasteiger partial charge in [-0.25, -0.2) is 8.42 Å². The molecule has 0 saturated carbocycles. The molecule has 35 heavy (non-hydrogen) atoms. The highest BCUT2D eigenvalue weighted by Gasteiger charge is 2.40. The summed E-state index contributed by atoms with van der Waals surface area (Å²) in [5.74, 6) is -1.87. The van der Waals surface area contributed by atoms with Crippen molar-refractivity contribution in [3.8, 4) is 11.1 Å². The standard InChI is InChI=1S/C25H23N3O5S2/c29-23(15-35(32,33)19-4-2-1-3-5-19)26-18-8-10-28-22(13-18)24(30)27-21-7-6-16(12-20(21)25(28)31)17-9-11-34-14-17/h1-7,9,11-12,14,18,22H,8,10,13,15H2,(H,26,29)(H,27,30). The maximum absolute atomic E-state index is 13.4. The normalized spacial score (nSPS) is 19.8. The van der Waals surface area contributed by atoms with Crippen LogP contribution in [0.25, 0.3) is 11.1 Å². The number of anilines is 1. The smallest absolute Gasteiger partial charge is 0.256 e. The van der Waals surface area contributed by atoms with Crippen LogP contribution in [-0.2, 0) is 19.4 Å². The Morgan fingerprint density at radius 3 is 2.63 bits per heavy atom. The van der Waals surface area contributed by atoms with E-state index in [1.54, 1.807) is 46.6 Å². The van der Waals surface area contributed by atoms with Crippen molar-refractivity contribution in [2.75, 3.05) is 17.6 Å². The molecular formula is C25H23N3O5S2. The summed E-state index contributed by atoms with van der Waals surface area (Å²) < 4.78 is 25.0. The van der Waals surface area contributed by atoms with Gasteiger partial charge in [-0.05, 0) is 65.1 Å². The lowest BCUT2D eigenvalue weighted by Gasteiger charge is -2.37. The van der Waals surface area contributed by atoms with Gasteiger partial charge in [0.15, 0.2) is 9.84 Å². The molecular weight excluding hydrogens is 486 g/mol. The summed E-state index contributed by atoms with van der Waals surface area (Å²) in [4.78, 5) is 40.5. The van der Waals surface area contributed by atoms with E-state index in [0.29, 0.717) is 17.7 Å². The van der Waals surface area contributed by atoms with Gasteiger partial charge in [-0.1, -0.05) is 24.3 Å². The zero-order valence-electron chi connectivity index (χ0n) is 18.6. The number of rotatable bonds is 5. The number of amides is 3. The van der Waals surface area contributed by atoms with E-state index in [1.807, 2.05) is 22.9 Å². The highest BCUT2D eigenvalue weighted by molar-refractivity contribution is 7.92. The summed E-state index contributed by atoms with van der Waals surface area (Å²) in [6.45, 7) is 0.273. The predicted molar refractivity (Wildman–Crippen MR) is 133 cm³/mol. The number of sulfone groups is 1. The molecule has 0 aliphatic carbocycles. The van der Waals surface area contributed by atoms with Gasteiger partial charge in [-0.3, -0.25) is 14.4 Å². The van der Waals surface area contributed by atoms with E-state index in [4.69, 9.17) is 0 Å². The number of hydrogen-bond donors (Lipinski definition) is 2. The molecule has 2 aromatic carbocycles. The van der Waals surface area contributed by atoms with Gasteiger partial charge in [0, 0.05) is 12.6 Å². The van der Waals surface area contributed by atoms with Crippen molar-refractivity contribution in [2.24, 2.45) is 0 Å². The molecule has 3 amide bonds. The van der Waals surface area contributed by atoms with Gasteiger partial charge in [-0.15, -0.1) is 0 Å². The number of thiophene rings is 1. The number of piperidine rings is 1. The summed E-state index contributed by atoms with van der Waals surface area (Å²) in [5, 5.41) is 9.56. The topological polar surface area (TPSA) is 113 Å². The molecule has 1 aromatic heterocycles. The van der Waals surface area contributed by atoms with E-state index < -0.39 is 33.6 Å². The minimum absolute atomic E-state index is 0.0818. The van der Waals surface area contributed by atoms with Crippen LogP contribution in [0, 0.1) is 0 Å². The van der Waals surface area contributed by atoms with Crippen LogP contribution in [0.3, 0.4) is 0 Å². The summed E-state index contributed by atoms with van der Waals surface area (Å²) in [5.41, 5.74) is 2.79. The van der Waals surface area contributed by atoms with Gasteiger partial charge >= 0.3 is 0 Å². The van der Waals surface area contributed by atoms with Crippen molar-refractivity contribution < 1.29 is 22.8 Å². The number of carbonyl (C=O) groups excluding carboxylic acids is 3. The minimum Gasteiger partial charge on any atom is -0.352 e. The zero-order chi connectivity index (χ0) is 24.6. The number of benzene rings is 2. The second-order valence-electron chi connectivity index (χ2n) is 8.64. The summed E-state index contributed by atoms with van der Waals surface area (Å²) in [6, 6.07) is 14.0. The van der Waals surface area contributed by atoms with Crippen LogP contribution < -0.4 is 10.6 Å². The van der Waals surface area contributed by atoms with Crippen molar-refractivity contribution in [3.05, 3.63) is 70.9 Å². The Morgan fingerprint density at radius 2 is 1.89 bits per heavy atom. The number of nitrogens with zero attached hydrogens (tertiary/aromatic N) is 1. The van der Waals surface area contributed by atoms with Crippen LogP contribution in [0.15, 0.2) is 70.3 Å². The zero-order valence-corrected chi connectivity index (χ0v) is 20.3. The van der Waals surface area contributed by atoms with E-state index in [-0.39, 0.29) is 29.7 Å². The molecule has 3 heterocycles. The lowest BCUT2D eigenvalue weighted by Crippen LogP contribution is -2.55. The van der Waals surface area contributed by atoms with Crippen molar-refractivity contribution in [1.29, 1.82) is 0 Å². The van der Waals surface area contributed by atoms with E-state index in [2.05, 4.69) is 10.6 Å². The first-order valence-electron chi connectivity index (χ1n) is 11.2. The first-order valence-corrected chi connectivity index (χ1v) is 13.8. The van der Waals surface area contributed by atoms with Crippen molar-refractivity contribution in [2.45, 2.75) is 29.8 Å². The molecule has 3 aromatic rings. The lowest BCUT2D eigenvalue weighted by atomic mass is 9.96. The van der Waals surface area contributed by atoms with Gasteiger partial charge < -0.3 is 15.5 Å². The molecule has 2 aliphatic heterocycles. The van der Waals surface area contributed by atoms with Crippen LogP contribution in [0.5, 0.6) is 0 Å². The predicted octanol–water partition coefficient (Wildman–Crippen LogP) is 2.93. The monoisotopic (exact) mass is 509 g/mol. The second kappa shape index (κ2) is 9.27. The average molecular weight is 510 g/mol. The van der Waals surface area contributed by atoms with Crippen molar-refractivity contribution >= 4 is 44.6 Å². The van der Waals surface area contributed by atoms with E-state index in [9.17, 15) is 22.8 Å². The average Bonchev–Trinajstić information content (AvgIpc) is 3.36. The Kier molecular flexibility index (Phi) is 6.16. The summed E-state index contributed by atoms with van der Waals surface area (Å²) in [7, 11) is -3.77. The van der Waals surface area contributed by atoms with Crippen LogP contribution in [0.1, 0.15) is 23.2 Å². The third-order valence-electron chi connectivity index (χ3n) is 6.32. The van der Waals surface area contributed by atoms with Crippen LogP contribution in [-0.4, -0.2) is 55.4 Å². The van der Waals surface area contributed by atoms with Gasteiger partial charge in [0.2, 0.25) is 11.8 Å². The van der Waals surface area contributed by atoms with E-state index in [0.717, 1.165) is 11.1 Å². The molecule has 2 unspecified atom stereocenters. The maximum Gasteiger partial charge on any atom is 0.256 e. The molecule has 10 heteroatoms. The van der Waals surface area contributed by atoms with E-state index >= 15 is 0 Å². The van der Waals surface area contributed by atoms with E-state index in [1.165, 1.54) is 12.1 Å². The Bertz CT molecular complexity index is 1390. The maximum atomic E-state index is 13.4. The Labute approximate surface area is 206 Å². The minimum atomic E-state index is -3.77. The number of carbonyl (C=O) groups is 3. The molecule has 1 saturated heterocycles. The van der Waals surface area contributed by atoms with Crippen LogP contribution in [0.4, 0.5) is 5.69 Å². The lowest BCUT2D eigenvalue weighted by molar-refractivity contribution is -0.124. The molecule has 0 bridgehead atoms. The Balaban J connectivity index is 1.29. The fourth-order valence-electron chi connectivity index (χ4n) is 4.55. The highest BCUT2D eigenvalue weighted by atomic mass is 32.2. The van der Waals surface area contributed by atoms with Gasteiger partial charge in [0.1, 0.15) is 11.8 Å². The molecule has 2 atom stereocenters. The summed E-state index contributed by atoms with van der Waals surface area (Å²) in [6.07, 6.45) is 0.631. The number of hydrogen-bond acceptors (Lipinski definition) is 6. The molecule has 180 valence electrons. The molecule has 2 N–H and O–H groups in total. The van der Waals surface area contributed by atoms with Crippen molar-refractivity contribution in [1.82, 2.24) is 10.2 Å². The van der Waals surface area contributed by atoms with Crippen LogP contribution in [0.2, 0.25) is 0 Å².